The maximum absolute atomic E-state index is 13.6. The van der Waals surface area contributed by atoms with Gasteiger partial charge in [0.25, 0.3) is 5.91 Å². The number of nitrogens with zero attached hydrogens (tertiary/aromatic N) is 1. The number of amides is 2. The molecule has 212 valence electrons. The molecule has 0 unspecified atom stereocenters. The van der Waals surface area contributed by atoms with E-state index in [9.17, 15) is 24.8 Å². The summed E-state index contributed by atoms with van der Waals surface area (Å²) in [6.07, 6.45) is 4.67. The van der Waals surface area contributed by atoms with Gasteiger partial charge in [-0.05, 0) is 75.2 Å². The first-order valence-electron chi connectivity index (χ1n) is 14.0. The van der Waals surface area contributed by atoms with Crippen molar-refractivity contribution in [1.29, 1.82) is 5.26 Å². The second-order valence-electron chi connectivity index (χ2n) is 13.0. The number of hydrogen-bond donors (Lipinski definition) is 3. The fourth-order valence-corrected chi connectivity index (χ4v) is 6.41. The van der Waals surface area contributed by atoms with Crippen molar-refractivity contribution in [3.05, 3.63) is 23.3 Å². The van der Waals surface area contributed by atoms with Crippen molar-refractivity contribution in [2.24, 2.45) is 28.6 Å². The van der Waals surface area contributed by atoms with Gasteiger partial charge in [-0.25, -0.2) is 0 Å². The Labute approximate surface area is 230 Å². The standard InChI is InChI=1S/C30H41N3O6/c1-29(2,3)16-32-27(35)24-17-6-7-18(12-17)25(24)33-26(34)21-14-22(19(15-31)13-23(21)38-5)39-20-8-10-30(4,11-9-20)28(36)37/h13-14,17-18,20,24-25H,6-12,16H2,1-5H3,(H,32,35)(H,33,34)(H,36,37)/t17-,18+,20?,24-,25+,30?/m0/s1. The fourth-order valence-electron chi connectivity index (χ4n) is 6.41. The molecule has 2 bridgehead atoms. The van der Waals surface area contributed by atoms with Crippen LogP contribution in [0, 0.1) is 39.9 Å². The Morgan fingerprint density at radius 1 is 1.10 bits per heavy atom. The summed E-state index contributed by atoms with van der Waals surface area (Å²) in [5, 5.41) is 25.5. The molecule has 4 rings (SSSR count). The van der Waals surface area contributed by atoms with Crippen LogP contribution in [0.5, 0.6) is 11.5 Å². The van der Waals surface area contributed by atoms with Crippen LogP contribution in [0.4, 0.5) is 0 Å². The van der Waals surface area contributed by atoms with E-state index < -0.39 is 11.4 Å². The molecule has 1 aromatic rings. The number of carboxylic acid groups (broad SMARTS) is 1. The van der Waals surface area contributed by atoms with Crippen molar-refractivity contribution in [3.63, 3.8) is 0 Å². The number of nitriles is 1. The molecule has 3 fully saturated rings. The van der Waals surface area contributed by atoms with Crippen LogP contribution in [0.1, 0.15) is 88.6 Å². The molecule has 0 heterocycles. The van der Waals surface area contributed by atoms with Gasteiger partial charge in [-0.2, -0.15) is 5.26 Å². The first-order valence-corrected chi connectivity index (χ1v) is 14.0. The number of methoxy groups -OCH3 is 1. The van der Waals surface area contributed by atoms with Gasteiger partial charge in [0.2, 0.25) is 5.91 Å². The molecule has 2 amide bonds. The molecule has 0 aliphatic heterocycles. The lowest BCUT2D eigenvalue weighted by atomic mass is 9.75. The Hall–Kier alpha value is -3.28. The van der Waals surface area contributed by atoms with Gasteiger partial charge in [-0.1, -0.05) is 20.8 Å². The van der Waals surface area contributed by atoms with Crippen molar-refractivity contribution < 1.29 is 29.0 Å². The third kappa shape index (κ3) is 6.15. The summed E-state index contributed by atoms with van der Waals surface area (Å²) in [7, 11) is 1.45. The van der Waals surface area contributed by atoms with Gasteiger partial charge in [0.15, 0.2) is 0 Å². The Balaban J connectivity index is 1.52. The Morgan fingerprint density at radius 2 is 1.77 bits per heavy atom. The Bertz CT molecular complexity index is 1160. The molecule has 39 heavy (non-hydrogen) atoms. The molecule has 9 nitrogen and oxygen atoms in total. The van der Waals surface area contributed by atoms with Gasteiger partial charge in [-0.15, -0.1) is 0 Å². The summed E-state index contributed by atoms with van der Waals surface area (Å²) in [4.78, 5) is 38.4. The second-order valence-corrected chi connectivity index (χ2v) is 13.0. The predicted octanol–water partition coefficient (Wildman–Crippen LogP) is 4.29. The Kier molecular flexibility index (Phi) is 8.15. The van der Waals surface area contributed by atoms with Crippen LogP contribution in [0.2, 0.25) is 0 Å². The van der Waals surface area contributed by atoms with E-state index in [2.05, 4.69) is 37.5 Å². The number of carbonyl (C=O) groups is 3. The van der Waals surface area contributed by atoms with Crippen molar-refractivity contribution in [2.45, 2.75) is 84.8 Å². The van der Waals surface area contributed by atoms with Crippen LogP contribution >= 0.6 is 0 Å². The first-order chi connectivity index (χ1) is 18.3. The maximum Gasteiger partial charge on any atom is 0.309 e. The van der Waals surface area contributed by atoms with E-state index in [4.69, 9.17) is 9.47 Å². The van der Waals surface area contributed by atoms with E-state index in [1.165, 1.54) is 13.2 Å². The fraction of sp³-hybridized carbons (Fsp3) is 0.667. The lowest BCUT2D eigenvalue weighted by Gasteiger charge is -2.34. The van der Waals surface area contributed by atoms with Crippen LogP contribution in [-0.2, 0) is 9.59 Å². The van der Waals surface area contributed by atoms with Crippen LogP contribution < -0.4 is 20.1 Å². The van der Waals surface area contributed by atoms with Crippen LogP contribution in [0.3, 0.4) is 0 Å². The first kappa shape index (κ1) is 28.7. The highest BCUT2D eigenvalue weighted by atomic mass is 16.5. The minimum Gasteiger partial charge on any atom is -0.496 e. The van der Waals surface area contributed by atoms with Crippen LogP contribution in [-0.4, -0.2) is 48.7 Å². The molecule has 3 N–H and O–H groups in total. The molecular formula is C30H41N3O6. The molecule has 0 saturated heterocycles. The zero-order valence-electron chi connectivity index (χ0n) is 23.6. The molecule has 9 heteroatoms. The largest absolute Gasteiger partial charge is 0.496 e. The zero-order valence-corrected chi connectivity index (χ0v) is 23.6. The van der Waals surface area contributed by atoms with Crippen molar-refractivity contribution in [1.82, 2.24) is 10.6 Å². The summed E-state index contributed by atoms with van der Waals surface area (Å²) in [5.74, 6) is -0.428. The lowest BCUT2D eigenvalue weighted by molar-refractivity contribution is -0.150. The minimum atomic E-state index is -0.812. The molecule has 1 aromatic carbocycles. The van der Waals surface area contributed by atoms with Gasteiger partial charge in [0, 0.05) is 18.7 Å². The third-order valence-electron chi connectivity index (χ3n) is 8.82. The number of aliphatic carboxylic acids is 1. The van der Waals surface area contributed by atoms with E-state index in [0.717, 1.165) is 19.3 Å². The highest BCUT2D eigenvalue weighted by molar-refractivity contribution is 5.98. The number of benzene rings is 1. The number of ether oxygens (including phenoxy) is 2. The highest BCUT2D eigenvalue weighted by Crippen LogP contribution is 2.49. The quantitative estimate of drug-likeness (QED) is 0.448. The zero-order chi connectivity index (χ0) is 28.5. The van der Waals surface area contributed by atoms with E-state index in [0.29, 0.717) is 32.2 Å². The highest BCUT2D eigenvalue weighted by Gasteiger charge is 2.51. The molecule has 0 radical (unpaired) electrons. The van der Waals surface area contributed by atoms with Gasteiger partial charge in [0.05, 0.1) is 35.7 Å². The van der Waals surface area contributed by atoms with E-state index in [1.807, 2.05) is 0 Å². The molecule has 0 aromatic heterocycles. The average Bonchev–Trinajstić information content (AvgIpc) is 3.50. The summed E-state index contributed by atoms with van der Waals surface area (Å²) in [5.41, 5.74) is -0.328. The number of nitrogens with one attached hydrogen (secondary N) is 2. The monoisotopic (exact) mass is 539 g/mol. The van der Waals surface area contributed by atoms with Gasteiger partial charge >= 0.3 is 5.97 Å². The van der Waals surface area contributed by atoms with E-state index in [-0.39, 0.29) is 69.8 Å². The minimum absolute atomic E-state index is 0.0103. The Morgan fingerprint density at radius 3 is 2.36 bits per heavy atom. The number of fused-ring (bicyclic) bond motifs is 2. The second kappa shape index (κ2) is 11.1. The van der Waals surface area contributed by atoms with E-state index >= 15 is 0 Å². The number of rotatable bonds is 8. The average molecular weight is 540 g/mol. The predicted molar refractivity (Wildman–Crippen MR) is 144 cm³/mol. The van der Waals surface area contributed by atoms with Crippen LogP contribution in [0.15, 0.2) is 12.1 Å². The summed E-state index contributed by atoms with van der Waals surface area (Å²) in [6, 6.07) is 4.89. The summed E-state index contributed by atoms with van der Waals surface area (Å²) < 4.78 is 11.6. The SMILES string of the molecule is COc1cc(C#N)c(OC2CCC(C)(C(=O)O)CC2)cc1C(=O)N[C@@H]1[C@@H]2CC[C@@H](C2)[C@@H]1C(=O)NCC(C)(C)C. The lowest BCUT2D eigenvalue weighted by Crippen LogP contribution is -2.50. The number of carboxylic acids is 1. The molecule has 3 saturated carbocycles. The van der Waals surface area contributed by atoms with Gasteiger partial charge in [0.1, 0.15) is 17.6 Å². The van der Waals surface area contributed by atoms with Crippen molar-refractivity contribution in [2.75, 3.05) is 13.7 Å². The topological polar surface area (TPSA) is 138 Å². The summed E-state index contributed by atoms with van der Waals surface area (Å²) >= 11 is 0. The molecule has 4 atom stereocenters. The molecule has 0 spiro atoms. The molecule has 3 aliphatic rings. The third-order valence-corrected chi connectivity index (χ3v) is 8.82. The summed E-state index contributed by atoms with van der Waals surface area (Å²) in [6.45, 7) is 8.53. The number of hydrogen-bond acceptors (Lipinski definition) is 6. The van der Waals surface area contributed by atoms with E-state index in [1.54, 1.807) is 13.0 Å². The maximum atomic E-state index is 13.6. The number of carbonyl (C=O) groups excluding carboxylic acids is 2. The molecule has 3 aliphatic carbocycles. The molecular weight excluding hydrogens is 498 g/mol. The van der Waals surface area contributed by atoms with Crippen molar-refractivity contribution in [3.8, 4) is 17.6 Å². The van der Waals surface area contributed by atoms with Gasteiger partial charge in [-0.3, -0.25) is 14.4 Å². The van der Waals surface area contributed by atoms with Gasteiger partial charge < -0.3 is 25.2 Å². The normalized spacial score (nSPS) is 29.8. The smallest absolute Gasteiger partial charge is 0.309 e. The van der Waals surface area contributed by atoms with Crippen molar-refractivity contribution >= 4 is 17.8 Å². The van der Waals surface area contributed by atoms with Crippen LogP contribution in [0.25, 0.3) is 0 Å².